The molecule has 0 N–H and O–H groups in total. The molecular formula is C18H18F2O2. The van der Waals surface area contributed by atoms with E-state index in [1.54, 1.807) is 18.2 Å². The van der Waals surface area contributed by atoms with Crippen molar-refractivity contribution in [3.8, 4) is 0 Å². The molecule has 0 heterocycles. The van der Waals surface area contributed by atoms with E-state index < -0.39 is 11.6 Å². The molecule has 2 aromatic rings. The molecule has 2 nitrogen and oxygen atoms in total. The van der Waals surface area contributed by atoms with Crippen molar-refractivity contribution < 1.29 is 18.3 Å². The molecule has 0 aliphatic carbocycles. The number of hydrogen-bond donors (Lipinski definition) is 0. The molecule has 0 aliphatic heterocycles. The lowest BCUT2D eigenvalue weighted by molar-refractivity contribution is 0.0968. The van der Waals surface area contributed by atoms with Crippen LogP contribution in [0.25, 0.3) is 0 Å². The summed E-state index contributed by atoms with van der Waals surface area (Å²) in [5.74, 6) is -1.90. The Kier molecular flexibility index (Phi) is 5.39. The Morgan fingerprint density at radius 1 is 1.05 bits per heavy atom. The van der Waals surface area contributed by atoms with Gasteiger partial charge in [-0.3, -0.25) is 4.79 Å². The summed E-state index contributed by atoms with van der Waals surface area (Å²) in [7, 11) is 0. The second-order valence-electron chi connectivity index (χ2n) is 5.57. The summed E-state index contributed by atoms with van der Waals surface area (Å²) in [4.78, 5) is 12.3. The first-order valence-corrected chi connectivity index (χ1v) is 7.14. The lowest BCUT2D eigenvalue weighted by Crippen LogP contribution is -2.05. The summed E-state index contributed by atoms with van der Waals surface area (Å²) in [5, 5.41) is 0. The first-order chi connectivity index (χ1) is 10.5. The van der Waals surface area contributed by atoms with Gasteiger partial charge in [0.15, 0.2) is 17.4 Å². The summed E-state index contributed by atoms with van der Waals surface area (Å²) in [6, 6.07) is 10.1. The molecule has 0 radical (unpaired) electrons. The maximum Gasteiger partial charge on any atom is 0.193 e. The molecule has 0 spiro atoms. The number of ether oxygens (including phenoxy) is 1. The van der Waals surface area contributed by atoms with Crippen molar-refractivity contribution >= 4 is 5.78 Å². The van der Waals surface area contributed by atoms with Gasteiger partial charge < -0.3 is 4.74 Å². The van der Waals surface area contributed by atoms with Crippen LogP contribution < -0.4 is 0 Å². The van der Waals surface area contributed by atoms with Crippen molar-refractivity contribution in [2.45, 2.75) is 20.5 Å². The molecule has 0 amide bonds. The Bertz CT molecular complexity index is 666. The largest absolute Gasteiger partial charge is 0.377 e. The smallest absolute Gasteiger partial charge is 0.193 e. The van der Waals surface area contributed by atoms with Gasteiger partial charge in [0.25, 0.3) is 0 Å². The highest BCUT2D eigenvalue weighted by Crippen LogP contribution is 2.15. The number of rotatable bonds is 6. The molecular weight excluding hydrogens is 286 g/mol. The van der Waals surface area contributed by atoms with Crippen molar-refractivity contribution in [2.75, 3.05) is 6.61 Å². The second kappa shape index (κ2) is 7.27. The average Bonchev–Trinajstić information content (AvgIpc) is 2.49. The fourth-order valence-electron chi connectivity index (χ4n) is 2.02. The lowest BCUT2D eigenvalue weighted by Gasteiger charge is -2.08. The van der Waals surface area contributed by atoms with Gasteiger partial charge in [-0.15, -0.1) is 0 Å². The van der Waals surface area contributed by atoms with Gasteiger partial charge in [-0.25, -0.2) is 8.78 Å². The third kappa shape index (κ3) is 4.21. The molecule has 4 heteroatoms. The van der Waals surface area contributed by atoms with E-state index in [0.29, 0.717) is 24.7 Å². The Hall–Kier alpha value is -2.07. The van der Waals surface area contributed by atoms with Crippen LogP contribution in [-0.2, 0) is 11.3 Å². The maximum absolute atomic E-state index is 13.2. The van der Waals surface area contributed by atoms with Gasteiger partial charge in [-0.1, -0.05) is 32.0 Å². The highest BCUT2D eigenvalue weighted by atomic mass is 19.2. The SMILES string of the molecule is CC(C)COCc1cccc(C(=O)c2ccc(F)c(F)c2)c1. The normalized spacial score (nSPS) is 11.0. The zero-order valence-electron chi connectivity index (χ0n) is 12.6. The summed E-state index contributed by atoms with van der Waals surface area (Å²) >= 11 is 0. The van der Waals surface area contributed by atoms with E-state index in [2.05, 4.69) is 13.8 Å². The van der Waals surface area contributed by atoms with Crippen molar-refractivity contribution in [3.63, 3.8) is 0 Å². The highest BCUT2D eigenvalue weighted by Gasteiger charge is 2.12. The monoisotopic (exact) mass is 304 g/mol. The minimum absolute atomic E-state index is 0.124. The van der Waals surface area contributed by atoms with Crippen LogP contribution in [0, 0.1) is 17.6 Å². The molecule has 2 aromatic carbocycles. The third-order valence-electron chi connectivity index (χ3n) is 3.09. The zero-order valence-corrected chi connectivity index (χ0v) is 12.6. The maximum atomic E-state index is 13.2. The van der Waals surface area contributed by atoms with E-state index in [0.717, 1.165) is 17.7 Å². The molecule has 0 fully saturated rings. The Morgan fingerprint density at radius 3 is 2.45 bits per heavy atom. The molecule has 0 aliphatic rings. The predicted molar refractivity (Wildman–Crippen MR) is 80.7 cm³/mol. The molecule has 0 bridgehead atoms. The van der Waals surface area contributed by atoms with Gasteiger partial charge in [0.2, 0.25) is 0 Å². The first kappa shape index (κ1) is 16.3. The minimum atomic E-state index is -1.03. The fraction of sp³-hybridized carbons (Fsp3) is 0.278. The van der Waals surface area contributed by atoms with Crippen LogP contribution in [0.15, 0.2) is 42.5 Å². The summed E-state index contributed by atoms with van der Waals surface area (Å²) in [6.45, 7) is 5.17. The number of benzene rings is 2. The standard InChI is InChI=1S/C18H18F2O2/c1-12(2)10-22-11-13-4-3-5-14(8-13)18(21)15-6-7-16(19)17(20)9-15/h3-9,12H,10-11H2,1-2H3. The molecule has 22 heavy (non-hydrogen) atoms. The number of ketones is 1. The number of halogens is 2. The second-order valence-corrected chi connectivity index (χ2v) is 5.57. The number of carbonyl (C=O) groups excluding carboxylic acids is 1. The fourth-order valence-corrected chi connectivity index (χ4v) is 2.02. The van der Waals surface area contributed by atoms with Crippen LogP contribution >= 0.6 is 0 Å². The van der Waals surface area contributed by atoms with Crippen molar-refractivity contribution in [1.29, 1.82) is 0 Å². The molecule has 0 unspecified atom stereocenters. The molecule has 0 saturated carbocycles. The van der Waals surface area contributed by atoms with Gasteiger partial charge in [0, 0.05) is 17.7 Å². The predicted octanol–water partition coefficient (Wildman–Crippen LogP) is 4.37. The van der Waals surface area contributed by atoms with Crippen molar-refractivity contribution in [1.82, 2.24) is 0 Å². The molecule has 116 valence electrons. The molecule has 0 atom stereocenters. The zero-order chi connectivity index (χ0) is 16.1. The third-order valence-corrected chi connectivity index (χ3v) is 3.09. The summed E-state index contributed by atoms with van der Waals surface area (Å²) in [5.41, 5.74) is 1.42. The highest BCUT2D eigenvalue weighted by molar-refractivity contribution is 6.09. The Labute approximate surface area is 128 Å². The van der Waals surface area contributed by atoms with Gasteiger partial charge in [-0.2, -0.15) is 0 Å². The lowest BCUT2D eigenvalue weighted by atomic mass is 10.0. The van der Waals surface area contributed by atoms with Crippen molar-refractivity contribution in [3.05, 3.63) is 70.8 Å². The Morgan fingerprint density at radius 2 is 1.77 bits per heavy atom. The number of carbonyl (C=O) groups is 1. The van der Waals surface area contributed by atoms with E-state index in [-0.39, 0.29) is 11.3 Å². The van der Waals surface area contributed by atoms with Crippen LogP contribution in [-0.4, -0.2) is 12.4 Å². The molecule has 2 rings (SSSR count). The van der Waals surface area contributed by atoms with E-state index >= 15 is 0 Å². The van der Waals surface area contributed by atoms with E-state index in [1.807, 2.05) is 6.07 Å². The summed E-state index contributed by atoms with van der Waals surface area (Å²) < 4.78 is 31.7. The minimum Gasteiger partial charge on any atom is -0.377 e. The van der Waals surface area contributed by atoms with Crippen LogP contribution in [0.5, 0.6) is 0 Å². The molecule has 0 aromatic heterocycles. The number of hydrogen-bond acceptors (Lipinski definition) is 2. The quantitative estimate of drug-likeness (QED) is 0.741. The summed E-state index contributed by atoms with van der Waals surface area (Å²) in [6.07, 6.45) is 0. The van der Waals surface area contributed by atoms with Crippen LogP contribution in [0.2, 0.25) is 0 Å². The van der Waals surface area contributed by atoms with Crippen LogP contribution in [0.1, 0.15) is 35.3 Å². The van der Waals surface area contributed by atoms with Gasteiger partial charge in [-0.05, 0) is 35.7 Å². The van der Waals surface area contributed by atoms with Crippen LogP contribution in [0.3, 0.4) is 0 Å². The van der Waals surface area contributed by atoms with E-state index in [4.69, 9.17) is 4.74 Å². The van der Waals surface area contributed by atoms with E-state index in [9.17, 15) is 13.6 Å². The van der Waals surface area contributed by atoms with Crippen LogP contribution in [0.4, 0.5) is 8.78 Å². The topological polar surface area (TPSA) is 26.3 Å². The van der Waals surface area contributed by atoms with Crippen molar-refractivity contribution in [2.24, 2.45) is 5.92 Å². The molecule has 0 saturated heterocycles. The first-order valence-electron chi connectivity index (χ1n) is 7.14. The Balaban J connectivity index is 2.14. The van der Waals surface area contributed by atoms with Gasteiger partial charge >= 0.3 is 0 Å². The van der Waals surface area contributed by atoms with Gasteiger partial charge in [0.05, 0.1) is 6.61 Å². The van der Waals surface area contributed by atoms with E-state index in [1.165, 1.54) is 6.07 Å². The van der Waals surface area contributed by atoms with Gasteiger partial charge in [0.1, 0.15) is 0 Å². The average molecular weight is 304 g/mol.